The lowest BCUT2D eigenvalue weighted by Crippen LogP contribution is -2.45. The molecule has 1 aliphatic carbocycles. The summed E-state index contributed by atoms with van der Waals surface area (Å²) in [6.07, 6.45) is 6.79. The summed E-state index contributed by atoms with van der Waals surface area (Å²) in [5.74, 6) is -0.222. The van der Waals surface area contributed by atoms with Gasteiger partial charge in [0.05, 0.1) is 0 Å². The maximum absolute atomic E-state index is 12.1. The minimum Gasteiger partial charge on any atom is -0.449 e. The van der Waals surface area contributed by atoms with E-state index in [1.165, 1.54) is 12.5 Å². The molecule has 4 nitrogen and oxygen atoms in total. The second-order valence-electron chi connectivity index (χ2n) is 5.85. The van der Waals surface area contributed by atoms with Gasteiger partial charge in [0.25, 0.3) is 5.91 Å². The number of rotatable bonds is 5. The molecular weight excluding hydrogens is 298 g/mol. The Morgan fingerprint density at radius 3 is 2.86 bits per heavy atom. The smallest absolute Gasteiger partial charge is 0.331 e. The lowest BCUT2D eigenvalue weighted by atomic mass is 9.86. The van der Waals surface area contributed by atoms with Crippen molar-refractivity contribution in [1.29, 1.82) is 0 Å². The summed E-state index contributed by atoms with van der Waals surface area (Å²) in [6, 6.07) is 2.11. The van der Waals surface area contributed by atoms with Gasteiger partial charge < -0.3 is 10.1 Å². The van der Waals surface area contributed by atoms with Gasteiger partial charge in [-0.05, 0) is 54.1 Å². The highest BCUT2D eigenvalue weighted by Crippen LogP contribution is 2.23. The van der Waals surface area contributed by atoms with Crippen LogP contribution >= 0.6 is 11.3 Å². The fourth-order valence-corrected chi connectivity index (χ4v) is 3.26. The Hall–Kier alpha value is -1.62. The van der Waals surface area contributed by atoms with Crippen molar-refractivity contribution in [1.82, 2.24) is 5.32 Å². The molecule has 1 aromatic heterocycles. The fourth-order valence-electron chi connectivity index (χ4n) is 2.63. The summed E-state index contributed by atoms with van der Waals surface area (Å²) in [5, 5.41) is 6.88. The molecule has 22 heavy (non-hydrogen) atoms. The largest absolute Gasteiger partial charge is 0.449 e. The van der Waals surface area contributed by atoms with Gasteiger partial charge in [-0.3, -0.25) is 4.79 Å². The van der Waals surface area contributed by atoms with E-state index in [1.807, 2.05) is 16.8 Å². The summed E-state index contributed by atoms with van der Waals surface area (Å²) in [5.41, 5.74) is 0.954. The highest BCUT2D eigenvalue weighted by Gasteiger charge is 2.25. The van der Waals surface area contributed by atoms with Crippen LogP contribution in [0.15, 0.2) is 22.9 Å². The minimum absolute atomic E-state index is 0.198. The highest BCUT2D eigenvalue weighted by atomic mass is 32.1. The minimum atomic E-state index is -0.770. The molecule has 1 amide bonds. The van der Waals surface area contributed by atoms with Crippen molar-refractivity contribution in [3.8, 4) is 0 Å². The number of esters is 1. The summed E-state index contributed by atoms with van der Waals surface area (Å²) in [6.45, 7) is 3.77. The van der Waals surface area contributed by atoms with E-state index in [0.29, 0.717) is 5.92 Å². The number of amides is 1. The van der Waals surface area contributed by atoms with Gasteiger partial charge in [0, 0.05) is 12.1 Å². The Kier molecular flexibility index (Phi) is 6.19. The SMILES string of the molecule is C[C@@H]1CCCC[C@@H]1NC(=O)[C@@H](C)OC(=O)/C=C/c1ccsc1. The van der Waals surface area contributed by atoms with E-state index in [4.69, 9.17) is 4.74 Å². The third kappa shape index (κ3) is 4.98. The lowest BCUT2D eigenvalue weighted by molar-refractivity contribution is -0.150. The molecule has 120 valence electrons. The van der Waals surface area contributed by atoms with E-state index in [0.717, 1.165) is 24.8 Å². The summed E-state index contributed by atoms with van der Waals surface area (Å²) >= 11 is 1.56. The predicted octanol–water partition coefficient (Wildman–Crippen LogP) is 3.39. The molecule has 5 heteroatoms. The average Bonchev–Trinajstić information content (AvgIpc) is 3.00. The molecular formula is C17H23NO3S. The van der Waals surface area contributed by atoms with Crippen molar-refractivity contribution in [2.75, 3.05) is 0 Å². The van der Waals surface area contributed by atoms with Gasteiger partial charge in [0.1, 0.15) is 0 Å². The van der Waals surface area contributed by atoms with Gasteiger partial charge in [0.15, 0.2) is 6.10 Å². The van der Waals surface area contributed by atoms with Crippen LogP contribution in [0.2, 0.25) is 0 Å². The van der Waals surface area contributed by atoms with Crippen LogP contribution < -0.4 is 5.32 Å². The first-order valence-electron chi connectivity index (χ1n) is 7.77. The van der Waals surface area contributed by atoms with Gasteiger partial charge in [-0.25, -0.2) is 4.79 Å². The van der Waals surface area contributed by atoms with E-state index in [1.54, 1.807) is 24.3 Å². The van der Waals surface area contributed by atoms with Gasteiger partial charge in [-0.15, -0.1) is 0 Å². The van der Waals surface area contributed by atoms with E-state index in [9.17, 15) is 9.59 Å². The molecule has 0 unspecified atom stereocenters. The van der Waals surface area contributed by atoms with Gasteiger partial charge in [-0.1, -0.05) is 19.8 Å². The first-order valence-corrected chi connectivity index (χ1v) is 8.72. The van der Waals surface area contributed by atoms with Crippen LogP contribution in [0.4, 0.5) is 0 Å². The third-order valence-electron chi connectivity index (χ3n) is 4.06. The molecule has 1 fully saturated rings. The number of nitrogens with one attached hydrogen (secondary N) is 1. The molecule has 0 aliphatic heterocycles. The van der Waals surface area contributed by atoms with Crippen LogP contribution in [-0.2, 0) is 14.3 Å². The Balaban J connectivity index is 1.79. The first kappa shape index (κ1) is 16.7. The van der Waals surface area contributed by atoms with Crippen molar-refractivity contribution in [2.24, 2.45) is 5.92 Å². The summed E-state index contributed by atoms with van der Waals surface area (Å²) in [4.78, 5) is 23.8. The van der Waals surface area contributed by atoms with Gasteiger partial charge in [0.2, 0.25) is 0 Å². The topological polar surface area (TPSA) is 55.4 Å². The average molecular weight is 321 g/mol. The van der Waals surface area contributed by atoms with Crippen LogP contribution in [0.25, 0.3) is 6.08 Å². The number of carbonyl (C=O) groups is 2. The maximum atomic E-state index is 12.1. The van der Waals surface area contributed by atoms with Crippen molar-refractivity contribution in [3.05, 3.63) is 28.5 Å². The van der Waals surface area contributed by atoms with Gasteiger partial charge >= 0.3 is 5.97 Å². The normalized spacial score (nSPS) is 23.2. The van der Waals surface area contributed by atoms with E-state index < -0.39 is 12.1 Å². The number of ether oxygens (including phenoxy) is 1. The zero-order chi connectivity index (χ0) is 15.9. The Bertz CT molecular complexity index is 524. The molecule has 1 N–H and O–H groups in total. The second kappa shape index (κ2) is 8.13. The molecule has 0 bridgehead atoms. The maximum Gasteiger partial charge on any atom is 0.331 e. The number of hydrogen-bond acceptors (Lipinski definition) is 4. The second-order valence-corrected chi connectivity index (χ2v) is 6.63. The fraction of sp³-hybridized carbons (Fsp3) is 0.529. The highest BCUT2D eigenvalue weighted by molar-refractivity contribution is 7.08. The quantitative estimate of drug-likeness (QED) is 0.668. The number of hydrogen-bond donors (Lipinski definition) is 1. The van der Waals surface area contributed by atoms with Crippen molar-refractivity contribution in [3.63, 3.8) is 0 Å². The summed E-state index contributed by atoms with van der Waals surface area (Å²) < 4.78 is 5.15. The standard InChI is InChI=1S/C17H23NO3S/c1-12-5-3-4-6-15(12)18-17(20)13(2)21-16(19)8-7-14-9-10-22-11-14/h7-13,15H,3-6H2,1-2H3,(H,18,20)/b8-7+/t12-,13-,15+/m1/s1. The molecule has 3 atom stereocenters. The van der Waals surface area contributed by atoms with Crippen LogP contribution in [0.1, 0.15) is 45.1 Å². The predicted molar refractivity (Wildman–Crippen MR) is 88.5 cm³/mol. The van der Waals surface area contributed by atoms with Crippen molar-refractivity contribution < 1.29 is 14.3 Å². The van der Waals surface area contributed by atoms with Crippen LogP contribution in [-0.4, -0.2) is 24.0 Å². The molecule has 1 aromatic rings. The number of thiophene rings is 1. The van der Waals surface area contributed by atoms with Crippen molar-refractivity contribution >= 4 is 29.3 Å². The molecule has 0 spiro atoms. The van der Waals surface area contributed by atoms with E-state index >= 15 is 0 Å². The number of carbonyl (C=O) groups excluding carboxylic acids is 2. The Labute approximate surface area is 135 Å². The molecule has 1 aliphatic rings. The molecule has 1 saturated carbocycles. The van der Waals surface area contributed by atoms with E-state index in [2.05, 4.69) is 12.2 Å². The third-order valence-corrected chi connectivity index (χ3v) is 4.76. The van der Waals surface area contributed by atoms with Crippen LogP contribution in [0, 0.1) is 5.92 Å². The Morgan fingerprint density at radius 1 is 1.41 bits per heavy atom. The Morgan fingerprint density at radius 2 is 2.18 bits per heavy atom. The van der Waals surface area contributed by atoms with Crippen molar-refractivity contribution in [2.45, 2.75) is 51.7 Å². The van der Waals surface area contributed by atoms with Crippen LogP contribution in [0.5, 0.6) is 0 Å². The monoisotopic (exact) mass is 321 g/mol. The summed E-state index contributed by atoms with van der Waals surface area (Å²) in [7, 11) is 0. The molecule has 0 radical (unpaired) electrons. The van der Waals surface area contributed by atoms with E-state index in [-0.39, 0.29) is 11.9 Å². The molecule has 0 saturated heterocycles. The molecule has 2 rings (SSSR count). The molecule has 0 aromatic carbocycles. The first-order chi connectivity index (χ1) is 10.6. The zero-order valence-electron chi connectivity index (χ0n) is 13.1. The lowest BCUT2D eigenvalue weighted by Gasteiger charge is -2.30. The van der Waals surface area contributed by atoms with Crippen LogP contribution in [0.3, 0.4) is 0 Å². The molecule has 1 heterocycles. The zero-order valence-corrected chi connectivity index (χ0v) is 13.9. The van der Waals surface area contributed by atoms with Gasteiger partial charge in [-0.2, -0.15) is 11.3 Å².